The zero-order chi connectivity index (χ0) is 18.5. The minimum atomic E-state index is 0. The van der Waals surface area contributed by atoms with E-state index in [1.54, 1.807) is 7.05 Å². The lowest BCUT2D eigenvalue weighted by atomic mass is 10.0. The van der Waals surface area contributed by atoms with Crippen LogP contribution in [0.3, 0.4) is 0 Å². The quantitative estimate of drug-likeness (QED) is 0.288. The minimum absolute atomic E-state index is 0. The summed E-state index contributed by atoms with van der Waals surface area (Å²) < 4.78 is 11.3. The molecule has 150 valence electrons. The first-order valence-electron chi connectivity index (χ1n) is 9.32. The van der Waals surface area contributed by atoms with Gasteiger partial charge in [0, 0.05) is 33.4 Å². The molecule has 5 nitrogen and oxygen atoms in total. The van der Waals surface area contributed by atoms with Crippen LogP contribution in [0.2, 0.25) is 0 Å². The summed E-state index contributed by atoms with van der Waals surface area (Å²) >= 11 is 0. The van der Waals surface area contributed by atoms with Gasteiger partial charge < -0.3 is 20.1 Å². The highest BCUT2D eigenvalue weighted by Crippen LogP contribution is 2.11. The van der Waals surface area contributed by atoms with Gasteiger partial charge in [-0.1, -0.05) is 38.1 Å². The second-order valence-corrected chi connectivity index (χ2v) is 6.28. The van der Waals surface area contributed by atoms with Gasteiger partial charge in [0.05, 0.1) is 12.7 Å². The zero-order valence-corrected chi connectivity index (χ0v) is 19.2. The molecule has 0 radical (unpaired) electrons. The maximum absolute atomic E-state index is 5.79. The Hall–Kier alpha value is -0.860. The highest BCUT2D eigenvalue weighted by Gasteiger charge is 2.13. The van der Waals surface area contributed by atoms with Crippen LogP contribution in [-0.2, 0) is 22.6 Å². The van der Waals surface area contributed by atoms with Gasteiger partial charge in [0.15, 0.2) is 5.96 Å². The fourth-order valence-electron chi connectivity index (χ4n) is 2.64. The van der Waals surface area contributed by atoms with E-state index in [0.717, 1.165) is 38.7 Å². The topological polar surface area (TPSA) is 54.9 Å². The lowest BCUT2D eigenvalue weighted by molar-refractivity contribution is 0.0258. The van der Waals surface area contributed by atoms with Gasteiger partial charge in [-0.3, -0.25) is 4.99 Å². The Bertz CT molecular complexity index is 510. The summed E-state index contributed by atoms with van der Waals surface area (Å²) in [5.41, 5.74) is 2.44. The third kappa shape index (κ3) is 9.73. The molecular formula is C20H36IN3O2. The van der Waals surface area contributed by atoms with E-state index in [4.69, 9.17) is 9.47 Å². The summed E-state index contributed by atoms with van der Waals surface area (Å²) in [6.07, 6.45) is 1.25. The van der Waals surface area contributed by atoms with E-state index >= 15 is 0 Å². The predicted molar refractivity (Wildman–Crippen MR) is 120 cm³/mol. The number of hydrogen-bond donors (Lipinski definition) is 2. The zero-order valence-electron chi connectivity index (χ0n) is 16.9. The van der Waals surface area contributed by atoms with Crippen molar-refractivity contribution in [2.24, 2.45) is 10.9 Å². The SMILES string of the molecule is CCOCc1ccccc1CNC(=NC)NCCC(OCC)C(C)C.I. The standard InChI is InChI=1S/C20H35N3O2.HI/c1-6-24-15-18-11-9-8-10-17(18)14-23-20(21-5)22-13-12-19(16(3)4)25-7-2;/h8-11,16,19H,6-7,12-15H2,1-5H3,(H2,21,22,23);1H. The number of nitrogens with zero attached hydrogens (tertiary/aromatic N) is 1. The summed E-state index contributed by atoms with van der Waals surface area (Å²) in [7, 11) is 1.80. The van der Waals surface area contributed by atoms with Crippen LogP contribution in [0.1, 0.15) is 45.2 Å². The summed E-state index contributed by atoms with van der Waals surface area (Å²) in [6.45, 7) is 12.1. The molecule has 0 amide bonds. The van der Waals surface area contributed by atoms with Crippen LogP contribution in [0.5, 0.6) is 0 Å². The molecule has 26 heavy (non-hydrogen) atoms. The molecular weight excluding hydrogens is 441 g/mol. The molecule has 0 saturated carbocycles. The van der Waals surface area contributed by atoms with Gasteiger partial charge in [-0.2, -0.15) is 0 Å². The summed E-state index contributed by atoms with van der Waals surface area (Å²) in [6, 6.07) is 8.33. The Kier molecular flexibility index (Phi) is 14.7. The number of nitrogens with one attached hydrogen (secondary N) is 2. The van der Waals surface area contributed by atoms with Crippen molar-refractivity contribution in [3.8, 4) is 0 Å². The van der Waals surface area contributed by atoms with Crippen LogP contribution in [0.4, 0.5) is 0 Å². The van der Waals surface area contributed by atoms with Crippen molar-refractivity contribution in [3.63, 3.8) is 0 Å². The van der Waals surface area contributed by atoms with Gasteiger partial charge in [-0.15, -0.1) is 24.0 Å². The van der Waals surface area contributed by atoms with Gasteiger partial charge in [-0.25, -0.2) is 0 Å². The van der Waals surface area contributed by atoms with Crippen molar-refractivity contribution < 1.29 is 9.47 Å². The van der Waals surface area contributed by atoms with Gasteiger partial charge in [0.1, 0.15) is 0 Å². The van der Waals surface area contributed by atoms with Crippen molar-refractivity contribution in [3.05, 3.63) is 35.4 Å². The first-order chi connectivity index (χ1) is 12.1. The van der Waals surface area contributed by atoms with Crippen LogP contribution in [0.15, 0.2) is 29.3 Å². The number of hydrogen-bond acceptors (Lipinski definition) is 3. The second-order valence-electron chi connectivity index (χ2n) is 6.28. The molecule has 0 bridgehead atoms. The Balaban J connectivity index is 0.00000625. The van der Waals surface area contributed by atoms with Crippen molar-refractivity contribution in [1.29, 1.82) is 0 Å². The number of guanidine groups is 1. The maximum Gasteiger partial charge on any atom is 0.191 e. The number of rotatable bonds is 11. The van der Waals surface area contributed by atoms with Crippen LogP contribution in [0.25, 0.3) is 0 Å². The third-order valence-corrected chi connectivity index (χ3v) is 4.10. The molecule has 1 unspecified atom stereocenters. The molecule has 1 rings (SSSR count). The highest BCUT2D eigenvalue weighted by molar-refractivity contribution is 14.0. The second kappa shape index (κ2) is 15.2. The fraction of sp³-hybridized carbons (Fsp3) is 0.650. The molecule has 1 aromatic carbocycles. The number of halogens is 1. The average Bonchev–Trinajstić information content (AvgIpc) is 2.62. The summed E-state index contributed by atoms with van der Waals surface area (Å²) in [5.74, 6) is 1.33. The molecule has 6 heteroatoms. The van der Waals surface area contributed by atoms with Crippen molar-refractivity contribution in [2.45, 2.75) is 53.4 Å². The van der Waals surface area contributed by atoms with Gasteiger partial charge >= 0.3 is 0 Å². The number of benzene rings is 1. The van der Waals surface area contributed by atoms with E-state index < -0.39 is 0 Å². The van der Waals surface area contributed by atoms with Crippen molar-refractivity contribution >= 4 is 29.9 Å². The van der Waals surface area contributed by atoms with Gasteiger partial charge in [0.2, 0.25) is 0 Å². The lowest BCUT2D eigenvalue weighted by Crippen LogP contribution is -2.39. The molecule has 0 aliphatic rings. The third-order valence-electron chi connectivity index (χ3n) is 4.10. The Morgan fingerprint density at radius 3 is 2.35 bits per heavy atom. The first kappa shape index (κ1) is 25.1. The molecule has 0 spiro atoms. The first-order valence-corrected chi connectivity index (χ1v) is 9.32. The Morgan fingerprint density at radius 1 is 1.08 bits per heavy atom. The van der Waals surface area contributed by atoms with Crippen LogP contribution in [-0.4, -0.2) is 38.9 Å². The largest absolute Gasteiger partial charge is 0.378 e. The number of aliphatic imine (C=N–C) groups is 1. The van der Waals surface area contributed by atoms with Gasteiger partial charge in [0.25, 0.3) is 0 Å². The summed E-state index contributed by atoms with van der Waals surface area (Å²) in [4.78, 5) is 4.30. The Labute approximate surface area is 176 Å². The fourth-order valence-corrected chi connectivity index (χ4v) is 2.64. The van der Waals surface area contributed by atoms with Crippen molar-refractivity contribution in [1.82, 2.24) is 10.6 Å². The van der Waals surface area contributed by atoms with Crippen LogP contribution < -0.4 is 10.6 Å². The van der Waals surface area contributed by atoms with Crippen LogP contribution in [0, 0.1) is 5.92 Å². The van der Waals surface area contributed by atoms with E-state index in [0.29, 0.717) is 12.5 Å². The van der Waals surface area contributed by atoms with E-state index in [9.17, 15) is 0 Å². The highest BCUT2D eigenvalue weighted by atomic mass is 127. The normalized spacial score (nSPS) is 12.6. The smallest absolute Gasteiger partial charge is 0.191 e. The minimum Gasteiger partial charge on any atom is -0.378 e. The molecule has 0 aromatic heterocycles. The maximum atomic E-state index is 5.79. The molecule has 1 atom stereocenters. The van der Waals surface area contributed by atoms with E-state index in [1.807, 2.05) is 19.9 Å². The Morgan fingerprint density at radius 2 is 1.77 bits per heavy atom. The predicted octanol–water partition coefficient (Wildman–Crippen LogP) is 3.96. The molecule has 0 aliphatic heterocycles. The molecule has 2 N–H and O–H groups in total. The van der Waals surface area contributed by atoms with E-state index in [-0.39, 0.29) is 30.1 Å². The molecule has 0 heterocycles. The summed E-state index contributed by atoms with van der Waals surface area (Å²) in [5, 5.41) is 6.75. The van der Waals surface area contributed by atoms with E-state index in [1.165, 1.54) is 11.1 Å². The lowest BCUT2D eigenvalue weighted by Gasteiger charge is -2.21. The molecule has 0 saturated heterocycles. The monoisotopic (exact) mass is 477 g/mol. The van der Waals surface area contributed by atoms with Crippen LogP contribution >= 0.6 is 24.0 Å². The molecule has 0 fully saturated rings. The van der Waals surface area contributed by atoms with E-state index in [2.05, 4.69) is 47.7 Å². The molecule has 0 aliphatic carbocycles. The molecule has 1 aromatic rings. The van der Waals surface area contributed by atoms with Crippen molar-refractivity contribution in [2.75, 3.05) is 26.8 Å². The number of ether oxygens (including phenoxy) is 2. The van der Waals surface area contributed by atoms with Gasteiger partial charge in [-0.05, 0) is 37.3 Å². The average molecular weight is 477 g/mol.